The first-order valence-corrected chi connectivity index (χ1v) is 15.1. The predicted molar refractivity (Wildman–Crippen MR) is 168 cm³/mol. The third kappa shape index (κ3) is 7.09. The van der Waals surface area contributed by atoms with Crippen LogP contribution in [0.5, 0.6) is 0 Å². The average molecular weight is 636 g/mol. The first-order valence-electron chi connectivity index (χ1n) is 14.3. The Balaban J connectivity index is 1.28. The molecule has 1 heterocycles. The third-order valence-corrected chi connectivity index (χ3v) is 8.71. The molecule has 3 aromatic carbocycles. The summed E-state index contributed by atoms with van der Waals surface area (Å²) in [6, 6.07) is 18.3. The third-order valence-electron chi connectivity index (χ3n) is 8.09. The molecule has 0 saturated heterocycles. The number of hydrogen-bond donors (Lipinski definition) is 3. The van der Waals surface area contributed by atoms with Crippen molar-refractivity contribution in [1.82, 2.24) is 25.5 Å². The monoisotopic (exact) mass is 634 g/mol. The van der Waals surface area contributed by atoms with Gasteiger partial charge in [0.2, 0.25) is 5.91 Å². The van der Waals surface area contributed by atoms with E-state index in [1.54, 1.807) is 54.2 Å². The zero-order valence-electron chi connectivity index (χ0n) is 24.1. The van der Waals surface area contributed by atoms with E-state index in [0.29, 0.717) is 36.3 Å². The molecule has 0 aliphatic heterocycles. The highest BCUT2D eigenvalue weighted by atomic mass is 35.5. The largest absolute Gasteiger partial charge is 0.480 e. The van der Waals surface area contributed by atoms with Crippen LogP contribution in [-0.4, -0.2) is 49.1 Å². The highest BCUT2D eigenvalue weighted by Crippen LogP contribution is 2.40. The molecule has 44 heavy (non-hydrogen) atoms. The van der Waals surface area contributed by atoms with E-state index in [0.717, 1.165) is 30.4 Å². The number of anilines is 1. The van der Waals surface area contributed by atoms with Crippen LogP contribution in [0.1, 0.15) is 53.6 Å². The Kier molecular flexibility index (Phi) is 9.61. The molecule has 0 bridgehead atoms. The second-order valence-corrected chi connectivity index (χ2v) is 12.0. The summed E-state index contributed by atoms with van der Waals surface area (Å²) < 4.78 is 1.59. The van der Waals surface area contributed by atoms with E-state index in [-0.39, 0.29) is 27.9 Å². The molecular weight excluding hydrogens is 603 g/mol. The number of hydrogen-bond acceptors (Lipinski definition) is 6. The van der Waals surface area contributed by atoms with Crippen molar-refractivity contribution >= 4 is 46.7 Å². The summed E-state index contributed by atoms with van der Waals surface area (Å²) in [5.74, 6) is -1.21. The Bertz CT molecular complexity index is 1650. The highest BCUT2D eigenvalue weighted by Gasteiger charge is 2.41. The average Bonchev–Trinajstić information content (AvgIpc) is 3.44. The van der Waals surface area contributed by atoms with Gasteiger partial charge in [-0.3, -0.25) is 9.59 Å². The van der Waals surface area contributed by atoms with Gasteiger partial charge < -0.3 is 15.7 Å². The van der Waals surface area contributed by atoms with Crippen molar-refractivity contribution in [2.45, 2.75) is 51.0 Å². The molecule has 5 rings (SSSR count). The first kappa shape index (κ1) is 31.2. The van der Waals surface area contributed by atoms with Gasteiger partial charge in [-0.2, -0.15) is 0 Å². The number of carbonyl (C=O) groups excluding carboxylic acids is 2. The van der Waals surface area contributed by atoms with Crippen LogP contribution in [0, 0.1) is 5.41 Å². The Morgan fingerprint density at radius 3 is 2.27 bits per heavy atom. The maximum atomic E-state index is 13.9. The number of carboxylic acid groups (broad SMARTS) is 1. The number of tetrazole rings is 1. The van der Waals surface area contributed by atoms with E-state index in [9.17, 15) is 19.5 Å². The summed E-state index contributed by atoms with van der Waals surface area (Å²) in [6.45, 7) is 0. The lowest BCUT2D eigenvalue weighted by Crippen LogP contribution is -2.51. The van der Waals surface area contributed by atoms with Gasteiger partial charge >= 0.3 is 5.97 Å². The molecule has 1 saturated carbocycles. The van der Waals surface area contributed by atoms with Gasteiger partial charge in [0.1, 0.15) is 6.04 Å². The number of halogens is 2. The number of amides is 2. The summed E-state index contributed by atoms with van der Waals surface area (Å²) in [5, 5.41) is 27.9. The van der Waals surface area contributed by atoms with Gasteiger partial charge in [-0.15, -0.1) is 5.10 Å². The standard InChI is InChI=1S/C32H32Cl2N6O4/c1-40-28(37-38-39-40)22-8-5-7-21(17-22)19-32(15-3-2-4-16-32)31(44)36-26(30(42)43)18-20-11-13-23(14-12-20)35-29(41)27-24(33)9-6-10-25(27)34/h5-14,17,26H,2-4,15-16,18-19H2,1H3,(H,35,41)(H,36,44)(H,42,43). The van der Waals surface area contributed by atoms with Crippen molar-refractivity contribution < 1.29 is 19.5 Å². The molecule has 12 heteroatoms. The Labute approximate surface area is 264 Å². The topological polar surface area (TPSA) is 139 Å². The van der Waals surface area contributed by atoms with E-state index in [4.69, 9.17) is 23.2 Å². The number of nitrogens with one attached hydrogen (secondary N) is 2. The number of aromatic nitrogens is 4. The lowest BCUT2D eigenvalue weighted by atomic mass is 9.69. The van der Waals surface area contributed by atoms with E-state index < -0.39 is 23.3 Å². The normalized spacial score (nSPS) is 14.9. The van der Waals surface area contributed by atoms with Crippen molar-refractivity contribution in [3.05, 3.63) is 93.5 Å². The molecule has 4 aromatic rings. The van der Waals surface area contributed by atoms with Crippen LogP contribution in [-0.2, 0) is 29.5 Å². The molecule has 3 N–H and O–H groups in total. The van der Waals surface area contributed by atoms with Gasteiger partial charge in [-0.05, 0) is 71.1 Å². The predicted octanol–water partition coefficient (Wildman–Crippen LogP) is 5.74. The van der Waals surface area contributed by atoms with Crippen molar-refractivity contribution in [3.63, 3.8) is 0 Å². The van der Waals surface area contributed by atoms with Crippen LogP contribution in [0.4, 0.5) is 5.69 Å². The number of aliphatic carboxylic acids is 1. The summed E-state index contributed by atoms with van der Waals surface area (Å²) in [7, 11) is 1.77. The van der Waals surface area contributed by atoms with Crippen LogP contribution >= 0.6 is 23.2 Å². The molecule has 1 unspecified atom stereocenters. The number of aryl methyl sites for hydroxylation is 1. The maximum Gasteiger partial charge on any atom is 0.326 e. The Morgan fingerprint density at radius 1 is 0.955 bits per heavy atom. The van der Waals surface area contributed by atoms with Crippen LogP contribution in [0.15, 0.2) is 66.7 Å². The lowest BCUT2D eigenvalue weighted by Gasteiger charge is -2.37. The smallest absolute Gasteiger partial charge is 0.326 e. The number of carbonyl (C=O) groups is 3. The zero-order valence-corrected chi connectivity index (χ0v) is 25.6. The molecule has 10 nitrogen and oxygen atoms in total. The van der Waals surface area contributed by atoms with Gasteiger partial charge in [0.15, 0.2) is 5.82 Å². The Morgan fingerprint density at radius 2 is 1.64 bits per heavy atom. The van der Waals surface area contributed by atoms with E-state index in [2.05, 4.69) is 26.2 Å². The summed E-state index contributed by atoms with van der Waals surface area (Å²) >= 11 is 12.3. The maximum absolute atomic E-state index is 13.9. The fourth-order valence-electron chi connectivity index (χ4n) is 5.78. The highest BCUT2D eigenvalue weighted by molar-refractivity contribution is 6.40. The number of carboxylic acids is 1. The molecule has 2 amide bonds. The molecule has 1 aliphatic carbocycles. The van der Waals surface area contributed by atoms with E-state index in [1.165, 1.54) is 0 Å². The molecule has 228 valence electrons. The van der Waals surface area contributed by atoms with Gasteiger partial charge in [0.25, 0.3) is 5.91 Å². The van der Waals surface area contributed by atoms with Gasteiger partial charge in [0, 0.05) is 24.7 Å². The van der Waals surface area contributed by atoms with E-state index in [1.807, 2.05) is 24.3 Å². The van der Waals surface area contributed by atoms with Gasteiger partial charge in [-0.25, -0.2) is 9.48 Å². The van der Waals surface area contributed by atoms with E-state index >= 15 is 0 Å². The molecule has 1 aromatic heterocycles. The molecule has 0 radical (unpaired) electrons. The molecule has 1 aliphatic rings. The minimum absolute atomic E-state index is 0.0797. The first-order chi connectivity index (χ1) is 21.1. The van der Waals surface area contributed by atoms with Crippen molar-refractivity contribution in [1.29, 1.82) is 0 Å². The fourth-order valence-corrected chi connectivity index (χ4v) is 6.35. The second-order valence-electron chi connectivity index (χ2n) is 11.2. The number of nitrogens with zero attached hydrogens (tertiary/aromatic N) is 4. The van der Waals surface area contributed by atoms with Crippen molar-refractivity contribution in [3.8, 4) is 11.4 Å². The number of rotatable bonds is 10. The molecule has 1 fully saturated rings. The number of benzene rings is 3. The lowest BCUT2D eigenvalue weighted by molar-refractivity contribution is -0.144. The molecule has 0 spiro atoms. The minimum Gasteiger partial charge on any atom is -0.480 e. The van der Waals surface area contributed by atoms with Crippen LogP contribution in [0.3, 0.4) is 0 Å². The van der Waals surface area contributed by atoms with Crippen molar-refractivity contribution in [2.24, 2.45) is 12.5 Å². The molecule has 1 atom stereocenters. The van der Waals surface area contributed by atoms with Crippen molar-refractivity contribution in [2.75, 3.05) is 5.32 Å². The van der Waals surface area contributed by atoms with Crippen LogP contribution < -0.4 is 10.6 Å². The minimum atomic E-state index is -1.13. The van der Waals surface area contributed by atoms with Gasteiger partial charge in [-0.1, -0.05) is 78.9 Å². The summed E-state index contributed by atoms with van der Waals surface area (Å²) in [4.78, 5) is 38.9. The zero-order chi connectivity index (χ0) is 31.3. The molecular formula is C32H32Cl2N6O4. The SMILES string of the molecule is Cn1nnnc1-c1cccc(CC2(C(=O)NC(Cc3ccc(NC(=O)c4c(Cl)cccc4Cl)cc3)C(=O)O)CCCCC2)c1. The Hall–Kier alpha value is -4.28. The second kappa shape index (κ2) is 13.6. The fraction of sp³-hybridized carbons (Fsp3) is 0.312. The summed E-state index contributed by atoms with van der Waals surface area (Å²) in [6.07, 6.45) is 4.73. The van der Waals surface area contributed by atoms with Gasteiger partial charge in [0.05, 0.1) is 21.0 Å². The quantitative estimate of drug-likeness (QED) is 0.202. The van der Waals surface area contributed by atoms with Crippen LogP contribution in [0.25, 0.3) is 11.4 Å². The van der Waals surface area contributed by atoms with Crippen LogP contribution in [0.2, 0.25) is 10.0 Å². The summed E-state index contributed by atoms with van der Waals surface area (Å²) in [5.41, 5.74) is 2.43.